The molecular weight excluding hydrogens is 1270 g/mol. The summed E-state index contributed by atoms with van der Waals surface area (Å²) in [6.45, 7) is 24.7. The molecule has 0 radical (unpaired) electrons. The summed E-state index contributed by atoms with van der Waals surface area (Å²) in [5, 5.41) is 3.69. The van der Waals surface area contributed by atoms with Crippen molar-refractivity contribution in [2.45, 2.75) is 131 Å². The van der Waals surface area contributed by atoms with E-state index in [-0.39, 0.29) is 81.4 Å². The van der Waals surface area contributed by atoms with E-state index in [2.05, 4.69) is 10.1 Å². The molecule has 4 aromatic carbocycles. The number of benzene rings is 4. The van der Waals surface area contributed by atoms with Crippen LogP contribution >= 0.6 is 0 Å². The number of sulfonamides is 3. The molecule has 0 aliphatic rings. The molecule has 0 aliphatic carbocycles. The van der Waals surface area contributed by atoms with E-state index in [4.69, 9.17) is 26.8 Å². The number of esters is 1. The maximum Gasteiger partial charge on any atom is 0.331 e. The SMILES string of the molecule is COC(=O)COCC(C)(C)COCC(C)(C)COCCCC(C)Nc1cc(S(=O)(=O)N(C)CCS(=O)(=O)OCC(C)(C)C)c2ccc3c(S(=O)(=O)N(C)CCS(=O)(=O)OCC(C)(C)C)cc(S(=O)(=O)N(C)CCS(=O)(=O)OCC(C)(C)C)c4ccc1c2c43. The van der Waals surface area contributed by atoms with Gasteiger partial charge in [0.15, 0.2) is 0 Å². The minimum absolute atomic E-state index is 0.00392. The van der Waals surface area contributed by atoms with Crippen LogP contribution in [0.2, 0.25) is 0 Å². The lowest BCUT2D eigenvalue weighted by atomic mass is 9.93. The molecule has 1 N–H and O–H groups in total. The first kappa shape index (κ1) is 77.0. The Kier molecular flexibility index (Phi) is 25.9. The molecule has 1 unspecified atom stereocenters. The normalized spacial score (nSPS) is 14.6. The summed E-state index contributed by atoms with van der Waals surface area (Å²) in [6, 6.07) is 7.63. The molecule has 88 heavy (non-hydrogen) atoms. The van der Waals surface area contributed by atoms with Gasteiger partial charge in [0, 0.05) is 102 Å². The van der Waals surface area contributed by atoms with Crippen LogP contribution in [-0.4, -0.2) is 200 Å². The van der Waals surface area contributed by atoms with E-state index in [0.29, 0.717) is 44.7 Å². The fraction of sp³-hybridized carbons (Fsp3) is 0.707. The van der Waals surface area contributed by atoms with Crippen LogP contribution in [0, 0.1) is 27.1 Å². The van der Waals surface area contributed by atoms with Gasteiger partial charge in [-0.3, -0.25) is 12.5 Å². The Hall–Kier alpha value is -3.47. The van der Waals surface area contributed by atoms with Gasteiger partial charge in [0.1, 0.15) is 6.61 Å². The number of carbonyl (C=O) groups is 1. The number of ether oxygens (including phenoxy) is 4. The molecule has 24 nitrogen and oxygen atoms in total. The Morgan fingerprint density at radius 1 is 0.477 bits per heavy atom. The van der Waals surface area contributed by atoms with Crippen molar-refractivity contribution < 1.29 is 86.8 Å². The summed E-state index contributed by atoms with van der Waals surface area (Å²) in [5.41, 5.74) is -2.21. The van der Waals surface area contributed by atoms with E-state index in [1.807, 2.05) is 34.6 Å². The minimum atomic E-state index is -4.89. The van der Waals surface area contributed by atoms with Gasteiger partial charge in [-0.05, 0) is 48.1 Å². The summed E-state index contributed by atoms with van der Waals surface area (Å²) in [4.78, 5) is 9.93. The van der Waals surface area contributed by atoms with Crippen LogP contribution in [0.3, 0.4) is 0 Å². The molecule has 1 atom stereocenters. The fourth-order valence-electron chi connectivity index (χ4n) is 8.55. The highest BCUT2D eigenvalue weighted by molar-refractivity contribution is 7.91. The summed E-state index contributed by atoms with van der Waals surface area (Å²) in [6.07, 6.45) is 1.00. The second-order valence-electron chi connectivity index (χ2n) is 27.7. The van der Waals surface area contributed by atoms with E-state index in [0.717, 1.165) is 33.1 Å². The molecule has 0 fully saturated rings. The van der Waals surface area contributed by atoms with Gasteiger partial charge in [-0.25, -0.2) is 30.0 Å². The third-order valence-corrected chi connectivity index (χ3v) is 22.7. The average molecular weight is 1360 g/mol. The average Bonchev–Trinajstić information content (AvgIpc) is 0.704. The van der Waals surface area contributed by atoms with Crippen LogP contribution in [0.15, 0.2) is 51.1 Å². The first-order chi connectivity index (χ1) is 40.0. The monoisotopic (exact) mass is 1360 g/mol. The predicted molar refractivity (Wildman–Crippen MR) is 342 cm³/mol. The van der Waals surface area contributed by atoms with Crippen molar-refractivity contribution in [2.75, 3.05) is 130 Å². The quantitative estimate of drug-likeness (QED) is 0.0198. The third kappa shape index (κ3) is 22.7. The molecule has 0 aromatic heterocycles. The number of nitrogens with one attached hydrogen (secondary N) is 1. The highest BCUT2D eigenvalue weighted by Gasteiger charge is 2.36. The molecule has 0 saturated heterocycles. The molecule has 4 aromatic rings. The first-order valence-electron chi connectivity index (χ1n) is 28.8. The van der Waals surface area contributed by atoms with Crippen LogP contribution in [0.5, 0.6) is 0 Å². The van der Waals surface area contributed by atoms with Crippen molar-refractivity contribution in [3.05, 3.63) is 36.4 Å². The summed E-state index contributed by atoms with van der Waals surface area (Å²) in [7, 11) is -22.6. The molecule has 504 valence electrons. The Morgan fingerprint density at radius 3 is 1.17 bits per heavy atom. The van der Waals surface area contributed by atoms with E-state index < -0.39 is 135 Å². The fourth-order valence-corrected chi connectivity index (χ4v) is 16.6. The van der Waals surface area contributed by atoms with Gasteiger partial charge in [-0.2, -0.15) is 38.2 Å². The number of carbonyl (C=O) groups excluding carboxylic acids is 1. The van der Waals surface area contributed by atoms with Gasteiger partial charge in [0.2, 0.25) is 30.1 Å². The van der Waals surface area contributed by atoms with E-state index >= 15 is 25.3 Å². The summed E-state index contributed by atoms with van der Waals surface area (Å²) < 4.78 is 210. The Bertz CT molecular complexity index is 3640. The van der Waals surface area contributed by atoms with Crippen molar-refractivity contribution in [1.82, 2.24) is 12.9 Å². The number of anilines is 1. The lowest BCUT2D eigenvalue weighted by Gasteiger charge is -2.29. The maximum atomic E-state index is 15.1. The topological polar surface area (TPSA) is 308 Å². The number of methoxy groups -OCH3 is 1. The van der Waals surface area contributed by atoms with Gasteiger partial charge >= 0.3 is 5.97 Å². The van der Waals surface area contributed by atoms with E-state index in [1.54, 1.807) is 68.4 Å². The summed E-state index contributed by atoms with van der Waals surface area (Å²) in [5.74, 6) is -2.76. The van der Waals surface area contributed by atoms with Gasteiger partial charge in [-0.1, -0.05) is 114 Å². The zero-order chi connectivity index (χ0) is 67.1. The highest BCUT2D eigenvalue weighted by Crippen LogP contribution is 2.46. The van der Waals surface area contributed by atoms with Crippen molar-refractivity contribution in [1.29, 1.82) is 0 Å². The molecule has 0 bridgehead atoms. The van der Waals surface area contributed by atoms with Crippen molar-refractivity contribution >= 4 is 104 Å². The van der Waals surface area contributed by atoms with Crippen molar-refractivity contribution in [2.24, 2.45) is 27.1 Å². The number of nitrogens with zero attached hydrogens (tertiary/aromatic N) is 3. The number of hydrogen-bond donors (Lipinski definition) is 1. The zero-order valence-electron chi connectivity index (χ0n) is 54.5. The Balaban J connectivity index is 1.89. The highest BCUT2D eigenvalue weighted by atomic mass is 32.2. The molecule has 30 heteroatoms. The second kappa shape index (κ2) is 29.6. The Morgan fingerprint density at radius 2 is 0.807 bits per heavy atom. The largest absolute Gasteiger partial charge is 0.467 e. The molecule has 0 saturated carbocycles. The third-order valence-electron chi connectivity index (χ3n) is 13.6. The molecule has 4 rings (SSSR count). The number of hydrogen-bond acceptors (Lipinski definition) is 21. The van der Waals surface area contributed by atoms with Gasteiger partial charge in [0.05, 0.1) is 85.3 Å². The minimum Gasteiger partial charge on any atom is -0.467 e. The van der Waals surface area contributed by atoms with Crippen LogP contribution in [-0.2, 0) is 96.7 Å². The van der Waals surface area contributed by atoms with Gasteiger partial charge in [0.25, 0.3) is 30.4 Å². The first-order valence-corrected chi connectivity index (χ1v) is 37.9. The van der Waals surface area contributed by atoms with Crippen LogP contribution < -0.4 is 5.32 Å². The smallest absolute Gasteiger partial charge is 0.331 e. The van der Waals surface area contributed by atoms with Crippen LogP contribution in [0.1, 0.15) is 110 Å². The van der Waals surface area contributed by atoms with E-state index in [9.17, 15) is 30.0 Å². The van der Waals surface area contributed by atoms with Gasteiger partial charge in [-0.15, -0.1) is 0 Å². The molecule has 0 amide bonds. The zero-order valence-corrected chi connectivity index (χ0v) is 59.4. The number of rotatable bonds is 37. The van der Waals surface area contributed by atoms with Crippen molar-refractivity contribution in [3.63, 3.8) is 0 Å². The van der Waals surface area contributed by atoms with Crippen LogP contribution in [0.4, 0.5) is 5.69 Å². The maximum absolute atomic E-state index is 15.1. The lowest BCUT2D eigenvalue weighted by Crippen LogP contribution is -2.34. The lowest BCUT2D eigenvalue weighted by molar-refractivity contribution is -0.147. The van der Waals surface area contributed by atoms with E-state index in [1.165, 1.54) is 38.4 Å². The predicted octanol–water partition coefficient (Wildman–Crippen LogP) is 7.48. The molecule has 0 aliphatic heterocycles. The van der Waals surface area contributed by atoms with Crippen LogP contribution in [0.25, 0.3) is 32.3 Å². The van der Waals surface area contributed by atoms with Crippen molar-refractivity contribution in [3.8, 4) is 0 Å². The summed E-state index contributed by atoms with van der Waals surface area (Å²) >= 11 is 0. The standard InChI is InChI=1S/C58H96N4O20S6/c1-42(20-19-28-77-38-57(11,12)40-79-41-58(13,14)39-78-34-51(63)76-18)59-47-32-48(86(70,71)60(15)25-29-83(64,65)80-35-54(2,3)4)44-23-24-46-50(88(74,75)62(17)27-31-85(68,69)82-37-56(8,9)10)33-49(45-22-21-43(47)52(44)53(45)46)87(72,73)61(16)26-30-84(66,67)81-36-55(5,6)7/h21-24,32-33,42,59H,19-20,25-31,34-41H2,1-18H3. The molecule has 0 spiro atoms. The molecule has 0 heterocycles. The Labute approximate surface area is 524 Å². The molecular formula is C58H96N4O20S6. The van der Waals surface area contributed by atoms with Gasteiger partial charge < -0.3 is 24.3 Å². The second-order valence-corrected chi connectivity index (χ2v) is 39.0.